The van der Waals surface area contributed by atoms with Crippen LogP contribution in [0.3, 0.4) is 0 Å². The first kappa shape index (κ1) is 25.7. The molecule has 2 aromatic rings. The number of nitrogens with one attached hydrogen (secondary N) is 1. The van der Waals surface area contributed by atoms with Crippen LogP contribution < -0.4 is 9.46 Å². The zero-order chi connectivity index (χ0) is 25.6. The topological polar surface area (TPSA) is 116 Å². The second-order valence-electron chi connectivity index (χ2n) is 9.79. The lowest BCUT2D eigenvalue weighted by molar-refractivity contribution is -0.151. The second kappa shape index (κ2) is 9.22. The molecule has 1 saturated heterocycles. The first-order valence-electron chi connectivity index (χ1n) is 11.7. The number of sulfonamides is 1. The normalized spacial score (nSPS) is 23.5. The van der Waals surface area contributed by atoms with E-state index in [1.165, 1.54) is 18.2 Å². The van der Waals surface area contributed by atoms with E-state index in [0.717, 1.165) is 49.6 Å². The molecular weight excluding hydrogens is 490 g/mol. The molecule has 190 valence electrons. The summed E-state index contributed by atoms with van der Waals surface area (Å²) in [6, 6.07) is 9.56. The van der Waals surface area contributed by atoms with Crippen LogP contribution in [0, 0.1) is 5.92 Å². The summed E-state index contributed by atoms with van der Waals surface area (Å²) in [4.78, 5) is 12.7. The molecule has 2 aliphatic heterocycles. The highest BCUT2D eigenvalue weighted by Gasteiger charge is 2.47. The maximum absolute atomic E-state index is 12.9. The van der Waals surface area contributed by atoms with Crippen molar-refractivity contribution < 1.29 is 31.1 Å². The van der Waals surface area contributed by atoms with E-state index < -0.39 is 31.4 Å². The maximum Gasteiger partial charge on any atom is 0.265 e. The van der Waals surface area contributed by atoms with E-state index in [0.29, 0.717) is 5.75 Å². The lowest BCUT2D eigenvalue weighted by Crippen LogP contribution is -2.48. The Bertz CT molecular complexity index is 1330. The molecule has 0 spiro atoms. The molecule has 0 saturated carbocycles. The zero-order valence-corrected chi connectivity index (χ0v) is 21.9. The molecule has 2 aliphatic rings. The summed E-state index contributed by atoms with van der Waals surface area (Å²) in [7, 11) is -7.68. The average Bonchev–Trinajstić information content (AvgIpc) is 2.78. The standard InChI is InChI=1S/C25H31NO7S2/c1-5-6-17-8-13-21-23(32-17)20-15-16(7-14-22(20)33-25(21,2)3)24(27)26-35(30,31)19-11-9-18(10-12-19)34(4,28)29/h7,9-12,14-15,17,21,23H,5-6,8,13H2,1-4H3,(H,26,27)/t17-,21-,23+/m1/s1. The summed E-state index contributed by atoms with van der Waals surface area (Å²) in [5.74, 6) is -0.0510. The van der Waals surface area contributed by atoms with Crippen molar-refractivity contribution >= 4 is 25.8 Å². The second-order valence-corrected chi connectivity index (χ2v) is 13.5. The van der Waals surface area contributed by atoms with E-state index in [2.05, 4.69) is 11.6 Å². The molecule has 2 aromatic carbocycles. The van der Waals surface area contributed by atoms with Crippen molar-refractivity contribution in [1.29, 1.82) is 0 Å². The van der Waals surface area contributed by atoms with Crippen LogP contribution in [-0.4, -0.2) is 40.7 Å². The van der Waals surface area contributed by atoms with Crippen LogP contribution in [0.25, 0.3) is 0 Å². The van der Waals surface area contributed by atoms with Gasteiger partial charge >= 0.3 is 0 Å². The number of carbonyl (C=O) groups excluding carboxylic acids is 1. The smallest absolute Gasteiger partial charge is 0.265 e. The van der Waals surface area contributed by atoms with Gasteiger partial charge in [0.25, 0.3) is 15.9 Å². The molecule has 1 fully saturated rings. The third kappa shape index (κ3) is 5.24. The molecule has 0 aliphatic carbocycles. The van der Waals surface area contributed by atoms with Crippen molar-refractivity contribution in [1.82, 2.24) is 4.72 Å². The Hall–Kier alpha value is -2.43. The number of rotatable bonds is 6. The Morgan fingerprint density at radius 1 is 1.03 bits per heavy atom. The fourth-order valence-corrected chi connectivity index (χ4v) is 6.50. The zero-order valence-electron chi connectivity index (χ0n) is 20.3. The minimum atomic E-state index is -4.21. The Kier molecular flexibility index (Phi) is 6.76. The fourth-order valence-electron chi connectivity index (χ4n) is 4.89. The molecule has 0 bridgehead atoms. The number of hydrogen-bond acceptors (Lipinski definition) is 7. The Morgan fingerprint density at radius 3 is 2.31 bits per heavy atom. The summed E-state index contributed by atoms with van der Waals surface area (Å²) in [6.07, 6.45) is 4.78. The molecule has 10 heteroatoms. The summed E-state index contributed by atoms with van der Waals surface area (Å²) >= 11 is 0. The first-order chi connectivity index (χ1) is 16.3. The van der Waals surface area contributed by atoms with Crippen LogP contribution in [0.5, 0.6) is 5.75 Å². The van der Waals surface area contributed by atoms with Crippen LogP contribution in [-0.2, 0) is 24.6 Å². The van der Waals surface area contributed by atoms with Gasteiger partial charge < -0.3 is 9.47 Å². The van der Waals surface area contributed by atoms with Crippen molar-refractivity contribution in [2.75, 3.05) is 6.26 Å². The minimum absolute atomic E-state index is 0.0104. The largest absolute Gasteiger partial charge is 0.487 e. The highest BCUT2D eigenvalue weighted by atomic mass is 32.2. The van der Waals surface area contributed by atoms with Gasteiger partial charge in [0.1, 0.15) is 11.4 Å². The van der Waals surface area contributed by atoms with Crippen molar-refractivity contribution in [3.63, 3.8) is 0 Å². The van der Waals surface area contributed by atoms with Gasteiger partial charge in [-0.1, -0.05) is 13.3 Å². The molecule has 3 atom stereocenters. The third-order valence-electron chi connectivity index (χ3n) is 6.75. The highest BCUT2D eigenvalue weighted by molar-refractivity contribution is 7.91. The Labute approximate surface area is 207 Å². The number of sulfone groups is 1. The Morgan fingerprint density at radius 2 is 1.69 bits per heavy atom. The van der Waals surface area contributed by atoms with E-state index in [9.17, 15) is 21.6 Å². The number of ether oxygens (including phenoxy) is 2. The van der Waals surface area contributed by atoms with Crippen LogP contribution in [0.15, 0.2) is 52.3 Å². The van der Waals surface area contributed by atoms with Gasteiger partial charge in [0.05, 0.1) is 22.0 Å². The number of benzene rings is 2. The van der Waals surface area contributed by atoms with E-state index in [1.807, 2.05) is 13.8 Å². The molecule has 1 amide bonds. The van der Waals surface area contributed by atoms with Gasteiger partial charge in [-0.2, -0.15) is 0 Å². The van der Waals surface area contributed by atoms with E-state index in [1.54, 1.807) is 12.1 Å². The predicted octanol–water partition coefficient (Wildman–Crippen LogP) is 4.02. The summed E-state index contributed by atoms with van der Waals surface area (Å²) in [5, 5.41) is 0. The number of amides is 1. The average molecular weight is 522 g/mol. The lowest BCUT2D eigenvalue weighted by atomic mass is 9.74. The summed E-state index contributed by atoms with van der Waals surface area (Å²) in [5.41, 5.74) is 0.487. The summed E-state index contributed by atoms with van der Waals surface area (Å²) < 4.78 is 63.6. The fraction of sp³-hybridized carbons (Fsp3) is 0.480. The maximum atomic E-state index is 12.9. The van der Waals surface area contributed by atoms with Gasteiger partial charge in [-0.15, -0.1) is 0 Å². The SMILES string of the molecule is CCC[C@@H]1CC[C@@H]2[C@@H](O1)c1cc(C(=O)NS(=O)(=O)c3ccc(S(C)(=O)=O)cc3)ccc1OC2(C)C. The number of carbonyl (C=O) groups is 1. The minimum Gasteiger partial charge on any atom is -0.487 e. The van der Waals surface area contributed by atoms with Crippen LogP contribution in [0.2, 0.25) is 0 Å². The molecule has 8 nitrogen and oxygen atoms in total. The molecular formula is C25H31NO7S2. The van der Waals surface area contributed by atoms with Gasteiger partial charge in [0, 0.05) is 23.3 Å². The van der Waals surface area contributed by atoms with Crippen molar-refractivity contribution in [2.45, 2.75) is 74.1 Å². The van der Waals surface area contributed by atoms with Gasteiger partial charge in [-0.3, -0.25) is 4.79 Å². The molecule has 35 heavy (non-hydrogen) atoms. The number of fused-ring (bicyclic) bond motifs is 3. The lowest BCUT2D eigenvalue weighted by Gasteiger charge is -2.48. The van der Waals surface area contributed by atoms with Gasteiger partial charge in [0.15, 0.2) is 9.84 Å². The first-order valence-corrected chi connectivity index (χ1v) is 15.0. The number of hydrogen-bond donors (Lipinski definition) is 1. The molecule has 1 N–H and O–H groups in total. The van der Waals surface area contributed by atoms with E-state index in [4.69, 9.17) is 9.47 Å². The van der Waals surface area contributed by atoms with Crippen LogP contribution in [0.1, 0.15) is 68.5 Å². The van der Waals surface area contributed by atoms with Gasteiger partial charge in [0.2, 0.25) is 0 Å². The van der Waals surface area contributed by atoms with Gasteiger partial charge in [-0.05, 0) is 75.6 Å². The predicted molar refractivity (Wildman–Crippen MR) is 131 cm³/mol. The monoisotopic (exact) mass is 521 g/mol. The van der Waals surface area contributed by atoms with Crippen molar-refractivity contribution in [3.8, 4) is 5.75 Å². The van der Waals surface area contributed by atoms with Crippen molar-refractivity contribution in [2.24, 2.45) is 5.92 Å². The van der Waals surface area contributed by atoms with Gasteiger partial charge in [-0.25, -0.2) is 21.6 Å². The molecule has 4 rings (SSSR count). The van der Waals surface area contributed by atoms with E-state index in [-0.39, 0.29) is 33.5 Å². The highest BCUT2D eigenvalue weighted by Crippen LogP contribution is 2.51. The Balaban J connectivity index is 1.60. The van der Waals surface area contributed by atoms with E-state index >= 15 is 0 Å². The quantitative estimate of drug-likeness (QED) is 0.610. The molecule has 0 unspecified atom stereocenters. The van der Waals surface area contributed by atoms with Crippen LogP contribution in [0.4, 0.5) is 0 Å². The van der Waals surface area contributed by atoms with Crippen LogP contribution >= 0.6 is 0 Å². The molecule has 2 heterocycles. The van der Waals surface area contributed by atoms with Crippen molar-refractivity contribution in [3.05, 3.63) is 53.6 Å². The molecule has 0 aromatic heterocycles. The molecule has 0 radical (unpaired) electrons. The summed E-state index contributed by atoms with van der Waals surface area (Å²) in [6.45, 7) is 6.20. The third-order valence-corrected chi connectivity index (χ3v) is 9.22.